The van der Waals surface area contributed by atoms with Gasteiger partial charge in [-0.15, -0.1) is 0 Å². The Balaban J connectivity index is 1.79. The number of carbonyl (C=O) groups excluding carboxylic acids is 1. The first-order valence-corrected chi connectivity index (χ1v) is 9.90. The predicted molar refractivity (Wildman–Crippen MR) is 109 cm³/mol. The van der Waals surface area contributed by atoms with Gasteiger partial charge in [0.2, 0.25) is 5.91 Å². The number of methoxy groups -OCH3 is 2. The Labute approximate surface area is 168 Å². The summed E-state index contributed by atoms with van der Waals surface area (Å²) < 4.78 is 11.8. The van der Waals surface area contributed by atoms with Gasteiger partial charge in [-0.1, -0.05) is 40.2 Å². The SMILES string of the molecule is COc1cccc(CNC(=O)C(c2cccc(Br)c2)N2CCCC2)c1OC. The summed E-state index contributed by atoms with van der Waals surface area (Å²) in [6.45, 7) is 2.26. The van der Waals surface area contributed by atoms with E-state index in [0.29, 0.717) is 18.0 Å². The summed E-state index contributed by atoms with van der Waals surface area (Å²) in [6, 6.07) is 13.4. The largest absolute Gasteiger partial charge is 0.493 e. The molecular formula is C21H25BrN2O3. The topological polar surface area (TPSA) is 50.8 Å². The highest BCUT2D eigenvalue weighted by atomic mass is 79.9. The van der Waals surface area contributed by atoms with E-state index in [2.05, 4.69) is 26.1 Å². The van der Waals surface area contributed by atoms with Crippen LogP contribution in [-0.4, -0.2) is 38.1 Å². The number of rotatable bonds is 7. The molecule has 1 saturated heterocycles. The van der Waals surface area contributed by atoms with Gasteiger partial charge >= 0.3 is 0 Å². The number of hydrogen-bond donors (Lipinski definition) is 1. The van der Waals surface area contributed by atoms with Crippen molar-refractivity contribution >= 4 is 21.8 Å². The van der Waals surface area contributed by atoms with Crippen molar-refractivity contribution in [3.8, 4) is 11.5 Å². The Hall–Kier alpha value is -2.05. The number of nitrogens with zero attached hydrogens (tertiary/aromatic N) is 1. The van der Waals surface area contributed by atoms with Gasteiger partial charge < -0.3 is 14.8 Å². The molecule has 1 heterocycles. The van der Waals surface area contributed by atoms with Crippen molar-refractivity contribution in [3.63, 3.8) is 0 Å². The monoisotopic (exact) mass is 432 g/mol. The molecule has 1 fully saturated rings. The lowest BCUT2D eigenvalue weighted by molar-refractivity contribution is -0.126. The fourth-order valence-corrected chi connectivity index (χ4v) is 3.99. The standard InChI is InChI=1S/C21H25BrN2O3/c1-26-18-10-6-8-16(20(18)27-2)14-23-21(25)19(24-11-3-4-12-24)15-7-5-9-17(22)13-15/h5-10,13,19H,3-4,11-12,14H2,1-2H3,(H,23,25). The van der Waals surface area contributed by atoms with Crippen molar-refractivity contribution in [1.82, 2.24) is 10.2 Å². The Morgan fingerprint density at radius 3 is 2.56 bits per heavy atom. The molecule has 3 rings (SSSR count). The second-order valence-corrected chi connectivity index (χ2v) is 7.49. The lowest BCUT2D eigenvalue weighted by Crippen LogP contribution is -2.39. The Bertz CT molecular complexity index is 791. The summed E-state index contributed by atoms with van der Waals surface area (Å²) in [6.07, 6.45) is 2.25. The number of ether oxygens (including phenoxy) is 2. The van der Waals surface area contributed by atoms with Crippen LogP contribution in [0.2, 0.25) is 0 Å². The van der Waals surface area contributed by atoms with Crippen molar-refractivity contribution in [2.75, 3.05) is 27.3 Å². The maximum atomic E-state index is 13.1. The highest BCUT2D eigenvalue weighted by molar-refractivity contribution is 9.10. The van der Waals surface area contributed by atoms with Crippen LogP contribution >= 0.6 is 15.9 Å². The van der Waals surface area contributed by atoms with Crippen LogP contribution in [0.1, 0.15) is 30.0 Å². The van der Waals surface area contributed by atoms with E-state index in [-0.39, 0.29) is 11.9 Å². The first kappa shape index (κ1) is 19.7. The molecule has 27 heavy (non-hydrogen) atoms. The Morgan fingerprint density at radius 1 is 1.15 bits per heavy atom. The quantitative estimate of drug-likeness (QED) is 0.719. The zero-order valence-electron chi connectivity index (χ0n) is 15.7. The molecular weight excluding hydrogens is 408 g/mol. The molecule has 1 aliphatic rings. The maximum Gasteiger partial charge on any atom is 0.242 e. The van der Waals surface area contributed by atoms with Crippen LogP contribution < -0.4 is 14.8 Å². The first-order valence-electron chi connectivity index (χ1n) is 9.11. The molecule has 5 nitrogen and oxygen atoms in total. The smallest absolute Gasteiger partial charge is 0.242 e. The molecule has 1 unspecified atom stereocenters. The number of likely N-dealkylation sites (tertiary alicyclic amines) is 1. The van der Waals surface area contributed by atoms with E-state index >= 15 is 0 Å². The molecule has 0 spiro atoms. The summed E-state index contributed by atoms with van der Waals surface area (Å²) in [5.74, 6) is 1.31. The predicted octanol–water partition coefficient (Wildman–Crippen LogP) is 3.92. The number of nitrogens with one attached hydrogen (secondary N) is 1. The fourth-order valence-electron chi connectivity index (χ4n) is 3.58. The second kappa shape index (κ2) is 9.24. The van der Waals surface area contributed by atoms with Crippen molar-refractivity contribution < 1.29 is 14.3 Å². The molecule has 6 heteroatoms. The molecule has 0 bridgehead atoms. The fraction of sp³-hybridized carbons (Fsp3) is 0.381. The number of amides is 1. The van der Waals surface area contributed by atoms with Gasteiger partial charge in [-0.2, -0.15) is 0 Å². The Morgan fingerprint density at radius 2 is 1.89 bits per heavy atom. The van der Waals surface area contributed by atoms with E-state index in [1.54, 1.807) is 14.2 Å². The Kier molecular flexibility index (Phi) is 6.74. The van der Waals surface area contributed by atoms with Crippen LogP contribution in [0.4, 0.5) is 0 Å². The van der Waals surface area contributed by atoms with Crippen LogP contribution in [0.5, 0.6) is 11.5 Å². The van der Waals surface area contributed by atoms with Gasteiger partial charge in [-0.3, -0.25) is 9.69 Å². The van der Waals surface area contributed by atoms with E-state index in [9.17, 15) is 4.79 Å². The number of para-hydroxylation sites is 1. The minimum atomic E-state index is -0.290. The molecule has 1 amide bonds. The van der Waals surface area contributed by atoms with Crippen molar-refractivity contribution in [1.29, 1.82) is 0 Å². The average Bonchev–Trinajstić information content (AvgIpc) is 3.20. The molecule has 2 aromatic rings. The maximum absolute atomic E-state index is 13.1. The van der Waals surface area contributed by atoms with Crippen LogP contribution in [-0.2, 0) is 11.3 Å². The molecule has 0 radical (unpaired) electrons. The first-order chi connectivity index (χ1) is 13.1. The number of halogens is 1. The molecule has 0 aromatic heterocycles. The third kappa shape index (κ3) is 4.62. The molecule has 1 aliphatic heterocycles. The minimum Gasteiger partial charge on any atom is -0.493 e. The summed E-state index contributed by atoms with van der Waals surface area (Å²) in [4.78, 5) is 15.4. The van der Waals surface area contributed by atoms with E-state index in [1.807, 2.05) is 42.5 Å². The summed E-state index contributed by atoms with van der Waals surface area (Å²) >= 11 is 3.52. The zero-order chi connectivity index (χ0) is 19.2. The molecule has 144 valence electrons. The van der Waals surface area contributed by atoms with Gasteiger partial charge in [0.25, 0.3) is 0 Å². The van der Waals surface area contributed by atoms with Crippen LogP contribution in [0.3, 0.4) is 0 Å². The van der Waals surface area contributed by atoms with E-state index in [4.69, 9.17) is 9.47 Å². The van der Waals surface area contributed by atoms with E-state index in [1.165, 1.54) is 0 Å². The minimum absolute atomic E-state index is 0.000118. The van der Waals surface area contributed by atoms with Gasteiger partial charge in [0.15, 0.2) is 11.5 Å². The van der Waals surface area contributed by atoms with Crippen molar-refractivity contribution in [3.05, 3.63) is 58.1 Å². The summed E-state index contributed by atoms with van der Waals surface area (Å²) in [7, 11) is 3.22. The zero-order valence-corrected chi connectivity index (χ0v) is 17.3. The third-order valence-corrected chi connectivity index (χ3v) is 5.35. The van der Waals surface area contributed by atoms with Gasteiger partial charge in [-0.25, -0.2) is 0 Å². The van der Waals surface area contributed by atoms with E-state index in [0.717, 1.165) is 41.5 Å². The average molecular weight is 433 g/mol. The highest BCUT2D eigenvalue weighted by Crippen LogP contribution is 2.31. The van der Waals surface area contributed by atoms with Gasteiger partial charge in [0.05, 0.1) is 14.2 Å². The van der Waals surface area contributed by atoms with Gasteiger partial charge in [0.1, 0.15) is 6.04 Å². The molecule has 0 saturated carbocycles. The normalized spacial score (nSPS) is 15.4. The van der Waals surface area contributed by atoms with Crippen LogP contribution in [0.15, 0.2) is 46.9 Å². The summed E-state index contributed by atoms with van der Waals surface area (Å²) in [5.41, 5.74) is 1.89. The van der Waals surface area contributed by atoms with Gasteiger partial charge in [0, 0.05) is 16.6 Å². The third-order valence-electron chi connectivity index (χ3n) is 4.86. The summed E-state index contributed by atoms with van der Waals surface area (Å²) in [5, 5.41) is 3.09. The lowest BCUT2D eigenvalue weighted by Gasteiger charge is -2.27. The number of benzene rings is 2. The number of hydrogen-bond acceptors (Lipinski definition) is 4. The second-order valence-electron chi connectivity index (χ2n) is 6.57. The van der Waals surface area contributed by atoms with Crippen molar-refractivity contribution in [2.24, 2.45) is 0 Å². The molecule has 2 aromatic carbocycles. The van der Waals surface area contributed by atoms with Gasteiger partial charge in [-0.05, 0) is 49.7 Å². The molecule has 1 atom stereocenters. The van der Waals surface area contributed by atoms with E-state index < -0.39 is 0 Å². The van der Waals surface area contributed by atoms with Crippen LogP contribution in [0, 0.1) is 0 Å². The number of carbonyl (C=O) groups is 1. The lowest BCUT2D eigenvalue weighted by atomic mass is 10.0. The van der Waals surface area contributed by atoms with Crippen LogP contribution in [0.25, 0.3) is 0 Å². The van der Waals surface area contributed by atoms with Crippen molar-refractivity contribution in [2.45, 2.75) is 25.4 Å². The highest BCUT2D eigenvalue weighted by Gasteiger charge is 2.29. The molecule has 0 aliphatic carbocycles. The molecule has 1 N–H and O–H groups in total.